The predicted molar refractivity (Wildman–Crippen MR) is 182 cm³/mol. The van der Waals surface area contributed by atoms with E-state index >= 15 is 0 Å². The first-order valence-electron chi connectivity index (χ1n) is 14.4. The number of aromatic nitrogens is 3. The number of nitrogens with zero attached hydrogens (tertiary/aromatic N) is 3. The van der Waals surface area contributed by atoms with Crippen molar-refractivity contribution in [3.63, 3.8) is 0 Å². The molecule has 0 aliphatic rings. The third kappa shape index (κ3) is 3.92. The summed E-state index contributed by atoms with van der Waals surface area (Å²) in [4.78, 5) is 15.3. The van der Waals surface area contributed by atoms with E-state index in [1.807, 2.05) is 18.2 Å². The van der Waals surface area contributed by atoms with Crippen molar-refractivity contribution in [3.8, 4) is 34.2 Å². The summed E-state index contributed by atoms with van der Waals surface area (Å²) in [6.45, 7) is 0. The molecule has 0 amide bonds. The van der Waals surface area contributed by atoms with Crippen LogP contribution in [0.5, 0.6) is 0 Å². The molecule has 200 valence electrons. The lowest BCUT2D eigenvalue weighted by Gasteiger charge is -2.11. The molecule has 2 heterocycles. The lowest BCUT2D eigenvalue weighted by molar-refractivity contribution is 1.08. The third-order valence-corrected chi connectivity index (χ3v) is 9.45. The number of thiophene rings is 1. The molecule has 0 unspecified atom stereocenters. The second-order valence-corrected chi connectivity index (χ2v) is 11.9. The van der Waals surface area contributed by atoms with Crippen LogP contribution in [0.1, 0.15) is 0 Å². The second kappa shape index (κ2) is 9.55. The van der Waals surface area contributed by atoms with Crippen LogP contribution in [0, 0.1) is 0 Å². The Morgan fingerprint density at radius 1 is 0.372 bits per heavy atom. The van der Waals surface area contributed by atoms with Crippen molar-refractivity contribution in [1.29, 1.82) is 0 Å². The minimum Gasteiger partial charge on any atom is -0.208 e. The van der Waals surface area contributed by atoms with E-state index in [0.29, 0.717) is 17.5 Å². The average Bonchev–Trinajstić information content (AvgIpc) is 3.47. The Hall–Kier alpha value is -5.45. The van der Waals surface area contributed by atoms with Crippen molar-refractivity contribution >= 4 is 63.8 Å². The van der Waals surface area contributed by atoms with Gasteiger partial charge >= 0.3 is 0 Å². The van der Waals surface area contributed by atoms with Gasteiger partial charge in [0, 0.05) is 36.9 Å². The SMILES string of the molecule is c1ccc(-c2nc(-c3ccc4ccc5c6ccccc6ccc5c4c3)nc(-c3cccc4sc5ccccc5c34)n2)cc1. The molecule has 9 aromatic rings. The molecular formula is C39H23N3S. The molecule has 9 rings (SSSR count). The molecule has 0 radical (unpaired) electrons. The molecule has 0 aliphatic heterocycles. The Labute approximate surface area is 251 Å². The van der Waals surface area contributed by atoms with Crippen molar-refractivity contribution < 1.29 is 0 Å². The van der Waals surface area contributed by atoms with Gasteiger partial charge in [-0.1, -0.05) is 121 Å². The van der Waals surface area contributed by atoms with Crippen molar-refractivity contribution in [2.75, 3.05) is 0 Å². The van der Waals surface area contributed by atoms with Crippen LogP contribution in [0.15, 0.2) is 140 Å². The monoisotopic (exact) mass is 565 g/mol. The highest BCUT2D eigenvalue weighted by Crippen LogP contribution is 2.40. The molecule has 0 N–H and O–H groups in total. The van der Waals surface area contributed by atoms with E-state index in [9.17, 15) is 0 Å². The minimum absolute atomic E-state index is 0.667. The quantitative estimate of drug-likeness (QED) is 0.200. The Morgan fingerprint density at radius 2 is 1.00 bits per heavy atom. The van der Waals surface area contributed by atoms with Crippen LogP contribution in [-0.2, 0) is 0 Å². The first-order chi connectivity index (χ1) is 21.3. The summed E-state index contributed by atoms with van der Waals surface area (Å²) < 4.78 is 2.49. The molecule has 0 saturated carbocycles. The summed E-state index contributed by atoms with van der Waals surface area (Å²) in [5, 5.41) is 9.78. The lowest BCUT2D eigenvalue weighted by atomic mass is 9.96. The molecule has 0 aliphatic carbocycles. The van der Waals surface area contributed by atoms with E-state index in [-0.39, 0.29) is 0 Å². The summed E-state index contributed by atoms with van der Waals surface area (Å²) in [6, 6.07) is 49.2. The highest BCUT2D eigenvalue weighted by molar-refractivity contribution is 7.25. The van der Waals surface area contributed by atoms with Crippen LogP contribution in [-0.4, -0.2) is 15.0 Å². The fraction of sp³-hybridized carbons (Fsp3) is 0. The van der Waals surface area contributed by atoms with Gasteiger partial charge in [-0.3, -0.25) is 0 Å². The van der Waals surface area contributed by atoms with E-state index in [1.54, 1.807) is 11.3 Å². The zero-order valence-corrected chi connectivity index (χ0v) is 23.8. The van der Waals surface area contributed by atoms with Gasteiger partial charge < -0.3 is 0 Å². The molecular weight excluding hydrogens is 543 g/mol. The van der Waals surface area contributed by atoms with Gasteiger partial charge in [-0.15, -0.1) is 11.3 Å². The summed E-state index contributed by atoms with van der Waals surface area (Å²) in [5.74, 6) is 2.02. The van der Waals surface area contributed by atoms with E-state index in [4.69, 9.17) is 15.0 Å². The average molecular weight is 566 g/mol. The third-order valence-electron chi connectivity index (χ3n) is 8.31. The minimum atomic E-state index is 0.667. The highest BCUT2D eigenvalue weighted by atomic mass is 32.1. The number of benzene rings is 7. The molecule has 0 atom stereocenters. The van der Waals surface area contributed by atoms with Gasteiger partial charge in [-0.05, 0) is 50.5 Å². The summed E-state index contributed by atoms with van der Waals surface area (Å²) in [6.07, 6.45) is 0. The molecule has 43 heavy (non-hydrogen) atoms. The van der Waals surface area contributed by atoms with Gasteiger partial charge in [0.25, 0.3) is 0 Å². The maximum Gasteiger partial charge on any atom is 0.164 e. The standard InChI is InChI=1S/C39H23N3S/c1-2-10-26(11-3-1)37-40-38(42-39(41-37)32-14-8-16-35-36(32)31-13-6-7-15-34(31)43-35)27-18-17-25-20-21-29-28-12-5-4-9-24(28)19-22-30(29)33(25)23-27/h1-23H. The second-order valence-electron chi connectivity index (χ2n) is 10.8. The Bertz CT molecular complexity index is 2510. The first-order valence-corrected chi connectivity index (χ1v) is 15.2. The molecule has 0 saturated heterocycles. The van der Waals surface area contributed by atoms with Gasteiger partial charge in [0.15, 0.2) is 17.5 Å². The molecule has 0 spiro atoms. The topological polar surface area (TPSA) is 38.7 Å². The van der Waals surface area contributed by atoms with Crippen LogP contribution in [0.2, 0.25) is 0 Å². The summed E-state index contributed by atoms with van der Waals surface area (Å²) in [5.41, 5.74) is 2.96. The molecule has 0 fully saturated rings. The van der Waals surface area contributed by atoms with Gasteiger partial charge in [0.2, 0.25) is 0 Å². The zero-order chi connectivity index (χ0) is 28.3. The van der Waals surface area contributed by atoms with Crippen LogP contribution in [0.25, 0.3) is 86.7 Å². The van der Waals surface area contributed by atoms with E-state index in [0.717, 1.165) is 16.7 Å². The van der Waals surface area contributed by atoms with Crippen LogP contribution in [0.3, 0.4) is 0 Å². The number of rotatable bonds is 3. The van der Waals surface area contributed by atoms with Gasteiger partial charge in [0.1, 0.15) is 0 Å². The van der Waals surface area contributed by atoms with Crippen LogP contribution >= 0.6 is 11.3 Å². The lowest BCUT2D eigenvalue weighted by Crippen LogP contribution is -2.00. The fourth-order valence-electron chi connectivity index (χ4n) is 6.26. The Morgan fingerprint density at radius 3 is 1.86 bits per heavy atom. The van der Waals surface area contributed by atoms with Crippen molar-refractivity contribution in [1.82, 2.24) is 15.0 Å². The molecule has 0 bridgehead atoms. The summed E-state index contributed by atoms with van der Waals surface area (Å²) >= 11 is 1.80. The van der Waals surface area contributed by atoms with E-state index < -0.39 is 0 Å². The zero-order valence-electron chi connectivity index (χ0n) is 23.0. The van der Waals surface area contributed by atoms with Gasteiger partial charge in [0.05, 0.1) is 0 Å². The summed E-state index contributed by atoms with van der Waals surface area (Å²) in [7, 11) is 0. The number of fused-ring (bicyclic) bond motifs is 8. The Kier molecular flexibility index (Phi) is 5.37. The molecule has 3 nitrogen and oxygen atoms in total. The molecule has 2 aromatic heterocycles. The van der Waals surface area contributed by atoms with Gasteiger partial charge in [-0.2, -0.15) is 0 Å². The molecule has 7 aromatic carbocycles. The van der Waals surface area contributed by atoms with Crippen molar-refractivity contribution in [2.24, 2.45) is 0 Å². The van der Waals surface area contributed by atoms with Gasteiger partial charge in [-0.25, -0.2) is 15.0 Å². The largest absolute Gasteiger partial charge is 0.208 e. The normalized spacial score (nSPS) is 11.7. The number of hydrogen-bond acceptors (Lipinski definition) is 4. The van der Waals surface area contributed by atoms with Crippen LogP contribution < -0.4 is 0 Å². The van der Waals surface area contributed by atoms with E-state index in [2.05, 4.69) is 121 Å². The first kappa shape index (κ1) is 24.2. The highest BCUT2D eigenvalue weighted by Gasteiger charge is 2.17. The predicted octanol–water partition coefficient (Wildman–Crippen LogP) is 10.7. The molecule has 4 heteroatoms. The van der Waals surface area contributed by atoms with E-state index in [1.165, 1.54) is 52.5 Å². The maximum atomic E-state index is 5.16. The van der Waals surface area contributed by atoms with Crippen LogP contribution in [0.4, 0.5) is 0 Å². The fourth-order valence-corrected chi connectivity index (χ4v) is 7.39. The van der Waals surface area contributed by atoms with Crippen molar-refractivity contribution in [2.45, 2.75) is 0 Å². The maximum absolute atomic E-state index is 5.16. The smallest absolute Gasteiger partial charge is 0.164 e. The van der Waals surface area contributed by atoms with Crippen molar-refractivity contribution in [3.05, 3.63) is 140 Å². The Balaban J connectivity index is 1.31. The number of hydrogen-bond donors (Lipinski definition) is 0.